The van der Waals surface area contributed by atoms with Crippen molar-refractivity contribution in [2.24, 2.45) is 0 Å². The molecule has 0 saturated heterocycles. The van der Waals surface area contributed by atoms with E-state index in [1.807, 2.05) is 24.4 Å². The fourth-order valence-corrected chi connectivity index (χ4v) is 2.96. The van der Waals surface area contributed by atoms with Gasteiger partial charge in [0.15, 0.2) is 0 Å². The van der Waals surface area contributed by atoms with Crippen LogP contribution in [0, 0.1) is 0 Å². The molecule has 1 aromatic heterocycles. The van der Waals surface area contributed by atoms with E-state index in [2.05, 4.69) is 57.1 Å². The number of benzene rings is 2. The molecule has 3 aromatic rings. The van der Waals surface area contributed by atoms with Gasteiger partial charge in [-0.2, -0.15) is 0 Å². The first-order valence-corrected chi connectivity index (χ1v) is 7.52. The maximum absolute atomic E-state index is 6.32. The Kier molecular flexibility index (Phi) is 3.80. The van der Waals surface area contributed by atoms with Crippen molar-refractivity contribution in [3.05, 3.63) is 64.9 Å². The summed E-state index contributed by atoms with van der Waals surface area (Å²) in [4.78, 5) is 6.30. The van der Waals surface area contributed by atoms with E-state index in [1.165, 1.54) is 5.56 Å². The Labute approximate surface area is 132 Å². The molecule has 106 valence electrons. The number of halogens is 1. The van der Waals surface area contributed by atoms with Gasteiger partial charge in [-0.25, -0.2) is 0 Å². The summed E-state index contributed by atoms with van der Waals surface area (Å²) in [5.74, 6) is 0. The second-order valence-electron chi connectivity index (χ2n) is 5.08. The minimum absolute atomic E-state index is 0.799. The molecule has 0 aliphatic rings. The summed E-state index contributed by atoms with van der Waals surface area (Å²) in [6.07, 6.45) is 3.61. The highest BCUT2D eigenvalue weighted by molar-refractivity contribution is 9.10. The maximum atomic E-state index is 6.32. The van der Waals surface area contributed by atoms with Crippen molar-refractivity contribution in [3.63, 3.8) is 0 Å². The van der Waals surface area contributed by atoms with E-state index in [9.17, 15) is 0 Å². The van der Waals surface area contributed by atoms with Crippen LogP contribution in [0.25, 0.3) is 10.8 Å². The molecular weight excluding hydrogens is 326 g/mol. The molecule has 0 amide bonds. The van der Waals surface area contributed by atoms with Crippen molar-refractivity contribution in [3.8, 4) is 0 Å². The summed E-state index contributed by atoms with van der Waals surface area (Å²) in [5, 5.41) is 2.11. The van der Waals surface area contributed by atoms with Gasteiger partial charge in [-0.1, -0.05) is 34.1 Å². The van der Waals surface area contributed by atoms with Crippen molar-refractivity contribution in [1.82, 2.24) is 4.98 Å². The Hall–Kier alpha value is -2.07. The Bertz CT molecular complexity index is 786. The standard InChI is InChI=1S/C17H16BrN3/c1-21(11-12-3-2-4-14(18)9-12)16-6-5-13-10-20-8-7-15(13)17(16)19/h2-10H,11,19H2,1H3. The minimum Gasteiger partial charge on any atom is -0.397 e. The van der Waals surface area contributed by atoms with Gasteiger partial charge in [0.25, 0.3) is 0 Å². The van der Waals surface area contributed by atoms with E-state index in [4.69, 9.17) is 5.73 Å². The van der Waals surface area contributed by atoms with Gasteiger partial charge in [0.2, 0.25) is 0 Å². The van der Waals surface area contributed by atoms with E-state index >= 15 is 0 Å². The van der Waals surface area contributed by atoms with Crippen LogP contribution in [0.4, 0.5) is 11.4 Å². The monoisotopic (exact) mass is 341 g/mol. The van der Waals surface area contributed by atoms with Crippen LogP contribution in [0.15, 0.2) is 59.3 Å². The highest BCUT2D eigenvalue weighted by atomic mass is 79.9. The number of hydrogen-bond donors (Lipinski definition) is 1. The summed E-state index contributed by atoms with van der Waals surface area (Å²) >= 11 is 3.51. The first kappa shape index (κ1) is 13.9. The lowest BCUT2D eigenvalue weighted by atomic mass is 10.1. The van der Waals surface area contributed by atoms with Crippen LogP contribution >= 0.6 is 15.9 Å². The molecule has 0 radical (unpaired) electrons. The van der Waals surface area contributed by atoms with Crippen LogP contribution < -0.4 is 10.6 Å². The lowest BCUT2D eigenvalue weighted by Crippen LogP contribution is -2.17. The second-order valence-corrected chi connectivity index (χ2v) is 6.00. The molecular formula is C17H16BrN3. The van der Waals surface area contributed by atoms with Crippen LogP contribution in [0.3, 0.4) is 0 Å². The third-order valence-corrected chi connectivity index (χ3v) is 4.05. The molecule has 21 heavy (non-hydrogen) atoms. The van der Waals surface area contributed by atoms with Crippen LogP contribution in [0.2, 0.25) is 0 Å². The number of nitrogens with two attached hydrogens (primary N) is 1. The van der Waals surface area contributed by atoms with Crippen LogP contribution in [-0.2, 0) is 6.54 Å². The third kappa shape index (κ3) is 2.85. The first-order valence-electron chi connectivity index (χ1n) is 6.73. The molecule has 0 bridgehead atoms. The normalized spacial score (nSPS) is 10.8. The van der Waals surface area contributed by atoms with E-state index in [1.54, 1.807) is 6.20 Å². The van der Waals surface area contributed by atoms with Crippen molar-refractivity contribution in [2.45, 2.75) is 6.54 Å². The molecule has 1 heterocycles. The Morgan fingerprint density at radius 2 is 2.05 bits per heavy atom. The maximum Gasteiger partial charge on any atom is 0.0632 e. The van der Waals surface area contributed by atoms with E-state index < -0.39 is 0 Å². The lowest BCUT2D eigenvalue weighted by Gasteiger charge is -2.22. The van der Waals surface area contributed by atoms with E-state index in [-0.39, 0.29) is 0 Å². The summed E-state index contributed by atoms with van der Waals surface area (Å²) in [5.41, 5.74) is 9.40. The van der Waals surface area contributed by atoms with E-state index in [0.29, 0.717) is 0 Å². The van der Waals surface area contributed by atoms with Gasteiger partial charge in [0.05, 0.1) is 11.4 Å². The quantitative estimate of drug-likeness (QED) is 0.725. The fraction of sp³-hybridized carbons (Fsp3) is 0.118. The molecule has 0 spiro atoms. The SMILES string of the molecule is CN(Cc1cccc(Br)c1)c1ccc2cnccc2c1N. The minimum atomic E-state index is 0.799. The molecule has 0 atom stereocenters. The molecule has 0 saturated carbocycles. The van der Waals surface area contributed by atoms with Gasteiger partial charge < -0.3 is 10.6 Å². The molecule has 2 aromatic carbocycles. The van der Waals surface area contributed by atoms with Crippen LogP contribution in [0.1, 0.15) is 5.56 Å². The van der Waals surface area contributed by atoms with Gasteiger partial charge in [-0.15, -0.1) is 0 Å². The molecule has 0 aliphatic carbocycles. The average molecular weight is 342 g/mol. The summed E-state index contributed by atoms with van der Waals surface area (Å²) in [6.45, 7) is 0.806. The predicted molar refractivity (Wildman–Crippen MR) is 92.4 cm³/mol. The fourth-order valence-electron chi connectivity index (χ4n) is 2.51. The molecule has 3 nitrogen and oxygen atoms in total. The highest BCUT2D eigenvalue weighted by Gasteiger charge is 2.09. The third-order valence-electron chi connectivity index (χ3n) is 3.56. The number of fused-ring (bicyclic) bond motifs is 1. The van der Waals surface area contributed by atoms with Crippen molar-refractivity contribution in [2.75, 3.05) is 17.7 Å². The van der Waals surface area contributed by atoms with Crippen LogP contribution in [0.5, 0.6) is 0 Å². The van der Waals surface area contributed by atoms with Crippen molar-refractivity contribution in [1.29, 1.82) is 0 Å². The topological polar surface area (TPSA) is 42.2 Å². The summed E-state index contributed by atoms with van der Waals surface area (Å²) in [6, 6.07) is 14.4. The Morgan fingerprint density at radius 3 is 2.86 bits per heavy atom. The zero-order valence-electron chi connectivity index (χ0n) is 11.8. The van der Waals surface area contributed by atoms with Crippen molar-refractivity contribution < 1.29 is 0 Å². The molecule has 0 aliphatic heterocycles. The summed E-state index contributed by atoms with van der Waals surface area (Å²) in [7, 11) is 2.06. The molecule has 4 heteroatoms. The molecule has 3 rings (SSSR count). The van der Waals surface area contributed by atoms with Gasteiger partial charge in [-0.3, -0.25) is 4.98 Å². The van der Waals surface area contributed by atoms with Gasteiger partial charge in [0, 0.05) is 41.2 Å². The van der Waals surface area contributed by atoms with Gasteiger partial charge >= 0.3 is 0 Å². The smallest absolute Gasteiger partial charge is 0.0632 e. The van der Waals surface area contributed by atoms with Gasteiger partial charge in [-0.05, 0) is 29.8 Å². The molecule has 2 N–H and O–H groups in total. The Balaban J connectivity index is 1.94. The highest BCUT2D eigenvalue weighted by Crippen LogP contribution is 2.31. The Morgan fingerprint density at radius 1 is 1.19 bits per heavy atom. The number of nitrogen functional groups attached to an aromatic ring is 1. The number of rotatable bonds is 3. The number of aromatic nitrogens is 1. The summed E-state index contributed by atoms with van der Waals surface area (Å²) < 4.78 is 1.09. The number of hydrogen-bond acceptors (Lipinski definition) is 3. The first-order chi connectivity index (χ1) is 10.1. The number of anilines is 2. The lowest BCUT2D eigenvalue weighted by molar-refractivity contribution is 0.925. The molecule has 0 fully saturated rings. The van der Waals surface area contributed by atoms with Crippen molar-refractivity contribution >= 4 is 38.1 Å². The zero-order valence-corrected chi connectivity index (χ0v) is 13.3. The zero-order chi connectivity index (χ0) is 14.8. The van der Waals surface area contributed by atoms with Crippen LogP contribution in [-0.4, -0.2) is 12.0 Å². The number of nitrogens with zero attached hydrogens (tertiary/aromatic N) is 2. The average Bonchev–Trinajstić information content (AvgIpc) is 2.48. The van der Waals surface area contributed by atoms with E-state index in [0.717, 1.165) is 33.2 Å². The molecule has 0 unspecified atom stereocenters. The number of pyridine rings is 1. The predicted octanol–water partition coefficient (Wildman–Crippen LogP) is 4.22. The second kappa shape index (κ2) is 5.74. The van der Waals surface area contributed by atoms with Gasteiger partial charge in [0.1, 0.15) is 0 Å². The largest absolute Gasteiger partial charge is 0.397 e.